The van der Waals surface area contributed by atoms with Crippen LogP contribution in [-0.4, -0.2) is 0 Å². The maximum absolute atomic E-state index is 2.35. The Labute approximate surface area is 51.6 Å². The molecule has 0 atom stereocenters. The zero-order chi connectivity index (χ0) is 6.04. The van der Waals surface area contributed by atoms with Crippen molar-refractivity contribution >= 4 is 0 Å². The summed E-state index contributed by atoms with van der Waals surface area (Å²) in [6.07, 6.45) is 8.58. The lowest BCUT2D eigenvalue weighted by Crippen LogP contribution is -2.20. The van der Waals surface area contributed by atoms with Gasteiger partial charge in [-0.25, -0.2) is 0 Å². The van der Waals surface area contributed by atoms with Crippen molar-refractivity contribution in [1.29, 1.82) is 0 Å². The predicted octanol–water partition coefficient (Wildman–Crippen LogP) is 2.75. The second-order valence-corrected chi connectivity index (χ2v) is 2.68. The average Bonchev–Trinajstić information content (AvgIpc) is 1.67. The third-order valence-corrected chi connectivity index (χ3v) is 2.40. The fourth-order valence-electron chi connectivity index (χ4n) is 1.23. The van der Waals surface area contributed by atoms with Crippen LogP contribution in [0.1, 0.15) is 33.1 Å². The SMILES string of the molecule is CCC1(CC)C=CC1. The molecule has 0 amide bonds. The third-order valence-electron chi connectivity index (χ3n) is 2.40. The molecule has 0 saturated heterocycles. The Morgan fingerprint density at radius 1 is 1.38 bits per heavy atom. The lowest BCUT2D eigenvalue weighted by atomic mass is 9.72. The molecule has 0 radical (unpaired) electrons. The van der Waals surface area contributed by atoms with E-state index >= 15 is 0 Å². The second-order valence-electron chi connectivity index (χ2n) is 2.68. The zero-order valence-corrected chi connectivity index (χ0v) is 5.78. The van der Waals surface area contributed by atoms with Gasteiger partial charge in [0, 0.05) is 0 Å². The molecule has 0 saturated carbocycles. The summed E-state index contributed by atoms with van der Waals surface area (Å²) in [7, 11) is 0. The Morgan fingerprint density at radius 3 is 1.88 bits per heavy atom. The molecule has 0 aromatic rings. The molecule has 0 heteroatoms. The molecule has 0 fully saturated rings. The smallest absolute Gasteiger partial charge is 0.00890 e. The minimum absolute atomic E-state index is 0.625. The Morgan fingerprint density at radius 2 is 1.88 bits per heavy atom. The van der Waals surface area contributed by atoms with E-state index in [4.69, 9.17) is 0 Å². The van der Waals surface area contributed by atoms with Gasteiger partial charge in [0.05, 0.1) is 0 Å². The molecule has 0 aromatic carbocycles. The van der Waals surface area contributed by atoms with Gasteiger partial charge >= 0.3 is 0 Å². The molecule has 46 valence electrons. The molecule has 0 aromatic heterocycles. The largest absolute Gasteiger partial charge is 0.0871 e. The first-order valence-electron chi connectivity index (χ1n) is 3.51. The van der Waals surface area contributed by atoms with Gasteiger partial charge in [-0.05, 0) is 24.7 Å². The van der Waals surface area contributed by atoms with Gasteiger partial charge in [0.25, 0.3) is 0 Å². The van der Waals surface area contributed by atoms with Crippen LogP contribution in [0, 0.1) is 5.41 Å². The first kappa shape index (κ1) is 5.87. The van der Waals surface area contributed by atoms with Gasteiger partial charge in [0.2, 0.25) is 0 Å². The Bertz CT molecular complexity index is 96.6. The van der Waals surface area contributed by atoms with Gasteiger partial charge in [-0.3, -0.25) is 0 Å². The fraction of sp³-hybridized carbons (Fsp3) is 0.750. The maximum Gasteiger partial charge on any atom is -0.00890 e. The van der Waals surface area contributed by atoms with Crippen LogP contribution in [0.5, 0.6) is 0 Å². The number of hydrogen-bond acceptors (Lipinski definition) is 0. The fourth-order valence-corrected chi connectivity index (χ4v) is 1.23. The zero-order valence-electron chi connectivity index (χ0n) is 5.78. The van der Waals surface area contributed by atoms with Crippen molar-refractivity contribution in [3.05, 3.63) is 12.2 Å². The van der Waals surface area contributed by atoms with Crippen LogP contribution in [0.2, 0.25) is 0 Å². The highest BCUT2D eigenvalue weighted by molar-refractivity contribution is 5.11. The van der Waals surface area contributed by atoms with Crippen molar-refractivity contribution in [1.82, 2.24) is 0 Å². The molecule has 1 rings (SSSR count). The Balaban J connectivity index is 2.48. The number of hydrogen-bond donors (Lipinski definition) is 0. The highest BCUT2D eigenvalue weighted by Gasteiger charge is 2.26. The molecule has 0 aliphatic heterocycles. The summed E-state index contributed by atoms with van der Waals surface area (Å²) in [5, 5.41) is 0. The van der Waals surface area contributed by atoms with Crippen molar-refractivity contribution in [3.63, 3.8) is 0 Å². The van der Waals surface area contributed by atoms with E-state index in [0.717, 1.165) is 0 Å². The molecule has 0 spiro atoms. The molecule has 1 aliphatic rings. The molecule has 0 bridgehead atoms. The van der Waals surface area contributed by atoms with Crippen LogP contribution in [-0.2, 0) is 0 Å². The summed E-state index contributed by atoms with van der Waals surface area (Å²) >= 11 is 0. The molecule has 0 unspecified atom stereocenters. The molecular formula is C8H14. The molecule has 0 nitrogen and oxygen atoms in total. The van der Waals surface area contributed by atoms with Gasteiger partial charge in [0.1, 0.15) is 0 Å². The van der Waals surface area contributed by atoms with Gasteiger partial charge in [-0.1, -0.05) is 26.0 Å². The van der Waals surface area contributed by atoms with Crippen LogP contribution in [0.15, 0.2) is 12.2 Å². The minimum Gasteiger partial charge on any atom is -0.0871 e. The summed E-state index contributed by atoms with van der Waals surface area (Å²) in [5.41, 5.74) is 0.625. The monoisotopic (exact) mass is 110 g/mol. The van der Waals surface area contributed by atoms with E-state index in [2.05, 4.69) is 26.0 Å². The molecule has 1 aliphatic carbocycles. The summed E-state index contributed by atoms with van der Waals surface area (Å²) in [6, 6.07) is 0. The number of allylic oxidation sites excluding steroid dienone is 2. The van der Waals surface area contributed by atoms with Crippen LogP contribution >= 0.6 is 0 Å². The molecule has 0 heterocycles. The lowest BCUT2D eigenvalue weighted by Gasteiger charge is -2.33. The van der Waals surface area contributed by atoms with E-state index in [9.17, 15) is 0 Å². The lowest BCUT2D eigenvalue weighted by molar-refractivity contribution is 0.323. The van der Waals surface area contributed by atoms with Gasteiger partial charge < -0.3 is 0 Å². The van der Waals surface area contributed by atoms with Crippen molar-refractivity contribution < 1.29 is 0 Å². The topological polar surface area (TPSA) is 0 Å². The first-order valence-corrected chi connectivity index (χ1v) is 3.51. The highest BCUT2D eigenvalue weighted by atomic mass is 14.3. The molecule has 0 N–H and O–H groups in total. The van der Waals surface area contributed by atoms with Crippen LogP contribution < -0.4 is 0 Å². The predicted molar refractivity (Wildman–Crippen MR) is 36.8 cm³/mol. The summed E-state index contributed by atoms with van der Waals surface area (Å²) in [6.45, 7) is 4.54. The van der Waals surface area contributed by atoms with E-state index in [1.54, 1.807) is 0 Å². The van der Waals surface area contributed by atoms with Crippen LogP contribution in [0.25, 0.3) is 0 Å². The van der Waals surface area contributed by atoms with Crippen molar-refractivity contribution in [3.8, 4) is 0 Å². The highest BCUT2D eigenvalue weighted by Crippen LogP contribution is 2.39. The van der Waals surface area contributed by atoms with Crippen LogP contribution in [0.4, 0.5) is 0 Å². The standard InChI is InChI=1S/C8H14/c1-3-8(4-2)6-5-7-8/h5-6H,3-4,7H2,1-2H3. The van der Waals surface area contributed by atoms with Gasteiger partial charge in [0.15, 0.2) is 0 Å². The normalized spacial score (nSPS) is 22.8. The van der Waals surface area contributed by atoms with Crippen molar-refractivity contribution in [2.24, 2.45) is 5.41 Å². The van der Waals surface area contributed by atoms with E-state index in [1.165, 1.54) is 19.3 Å². The second kappa shape index (κ2) is 1.93. The summed E-state index contributed by atoms with van der Waals surface area (Å²) in [4.78, 5) is 0. The van der Waals surface area contributed by atoms with Crippen molar-refractivity contribution in [2.75, 3.05) is 0 Å². The van der Waals surface area contributed by atoms with Gasteiger partial charge in [-0.15, -0.1) is 0 Å². The minimum atomic E-state index is 0.625. The number of rotatable bonds is 2. The Hall–Kier alpha value is -0.260. The van der Waals surface area contributed by atoms with Crippen LogP contribution in [0.3, 0.4) is 0 Å². The van der Waals surface area contributed by atoms with E-state index in [1.807, 2.05) is 0 Å². The average molecular weight is 110 g/mol. The molecule has 8 heavy (non-hydrogen) atoms. The quantitative estimate of drug-likeness (QED) is 0.479. The first-order chi connectivity index (χ1) is 3.83. The van der Waals surface area contributed by atoms with E-state index < -0.39 is 0 Å². The maximum atomic E-state index is 2.35. The van der Waals surface area contributed by atoms with E-state index in [0.29, 0.717) is 5.41 Å². The third kappa shape index (κ3) is 0.683. The van der Waals surface area contributed by atoms with Gasteiger partial charge in [-0.2, -0.15) is 0 Å². The van der Waals surface area contributed by atoms with Crippen molar-refractivity contribution in [2.45, 2.75) is 33.1 Å². The summed E-state index contributed by atoms with van der Waals surface area (Å²) in [5.74, 6) is 0. The summed E-state index contributed by atoms with van der Waals surface area (Å²) < 4.78 is 0. The van der Waals surface area contributed by atoms with E-state index in [-0.39, 0.29) is 0 Å². The Kier molecular flexibility index (Phi) is 1.41. The molecular weight excluding hydrogens is 96.1 g/mol.